The van der Waals surface area contributed by atoms with E-state index < -0.39 is 5.97 Å². The van der Waals surface area contributed by atoms with Crippen molar-refractivity contribution in [1.29, 1.82) is 0 Å². The average molecular weight is 273 g/mol. The molecule has 2 rings (SSSR count). The summed E-state index contributed by atoms with van der Waals surface area (Å²) in [5.74, 6) is -1.32. The van der Waals surface area contributed by atoms with Crippen LogP contribution in [-0.2, 0) is 4.79 Å². The van der Waals surface area contributed by atoms with Gasteiger partial charge in [-0.3, -0.25) is 4.79 Å². The molecule has 5 heteroatoms. The molecule has 0 bridgehead atoms. The number of hydrogen-bond acceptors (Lipinski definition) is 3. The number of thiophene rings is 1. The smallest absolute Gasteiger partial charge is 0.335 e. The Labute approximate surface area is 114 Å². The molecule has 2 N–H and O–H groups in total. The molecule has 0 saturated heterocycles. The number of nitrogens with one attached hydrogen (secondary N) is 1. The molecule has 0 unspecified atom stereocenters. The molecule has 0 saturated carbocycles. The van der Waals surface area contributed by atoms with Crippen LogP contribution in [0.2, 0.25) is 0 Å². The first-order chi connectivity index (χ1) is 9.15. The van der Waals surface area contributed by atoms with Gasteiger partial charge in [-0.05, 0) is 35.7 Å². The molecule has 1 amide bonds. The minimum Gasteiger partial charge on any atom is -0.478 e. The van der Waals surface area contributed by atoms with Gasteiger partial charge in [0.15, 0.2) is 0 Å². The van der Waals surface area contributed by atoms with Crippen molar-refractivity contribution in [2.75, 3.05) is 5.32 Å². The van der Waals surface area contributed by atoms with E-state index in [-0.39, 0.29) is 11.5 Å². The Bertz CT molecular complexity index is 617. The number of carbonyl (C=O) groups is 2. The van der Waals surface area contributed by atoms with Crippen molar-refractivity contribution in [3.05, 3.63) is 58.3 Å². The van der Waals surface area contributed by atoms with Crippen LogP contribution < -0.4 is 5.32 Å². The number of aromatic carboxylic acids is 1. The molecular formula is C14H11NO3S. The third-order valence-corrected chi connectivity index (χ3v) is 3.16. The zero-order valence-corrected chi connectivity index (χ0v) is 10.7. The first-order valence-electron chi connectivity index (χ1n) is 5.51. The lowest BCUT2D eigenvalue weighted by atomic mass is 10.2. The highest BCUT2D eigenvalue weighted by Crippen LogP contribution is 2.12. The summed E-state index contributed by atoms with van der Waals surface area (Å²) in [6.45, 7) is 0. The molecule has 0 spiro atoms. The first-order valence-corrected chi connectivity index (χ1v) is 6.39. The standard InChI is InChI=1S/C14H11NO3S/c16-13(7-6-12-5-2-8-19-12)15-11-4-1-3-10(9-11)14(17)18/h1-9H,(H,15,16)(H,17,18)/b7-6-. The van der Waals surface area contributed by atoms with Gasteiger partial charge in [0.2, 0.25) is 5.91 Å². The molecule has 0 aliphatic heterocycles. The highest BCUT2D eigenvalue weighted by Gasteiger charge is 2.04. The third-order valence-electron chi connectivity index (χ3n) is 2.32. The van der Waals surface area contributed by atoms with Gasteiger partial charge in [0.05, 0.1) is 5.56 Å². The fourth-order valence-electron chi connectivity index (χ4n) is 1.46. The molecule has 0 atom stereocenters. The zero-order valence-electron chi connectivity index (χ0n) is 9.87. The van der Waals surface area contributed by atoms with Gasteiger partial charge in [0.25, 0.3) is 0 Å². The van der Waals surface area contributed by atoms with Crippen LogP contribution in [-0.4, -0.2) is 17.0 Å². The van der Waals surface area contributed by atoms with Gasteiger partial charge < -0.3 is 10.4 Å². The van der Waals surface area contributed by atoms with Crippen molar-refractivity contribution >= 4 is 35.0 Å². The molecule has 1 aromatic carbocycles. The topological polar surface area (TPSA) is 66.4 Å². The van der Waals surface area contributed by atoms with E-state index in [0.717, 1.165) is 4.88 Å². The second-order valence-electron chi connectivity index (χ2n) is 3.72. The van der Waals surface area contributed by atoms with E-state index in [1.165, 1.54) is 29.5 Å². The van der Waals surface area contributed by atoms with Crippen molar-refractivity contribution in [2.24, 2.45) is 0 Å². The number of anilines is 1. The summed E-state index contributed by atoms with van der Waals surface area (Å²) in [6, 6.07) is 9.92. The largest absolute Gasteiger partial charge is 0.478 e. The molecule has 19 heavy (non-hydrogen) atoms. The van der Waals surface area contributed by atoms with Crippen molar-refractivity contribution in [3.63, 3.8) is 0 Å². The Kier molecular flexibility index (Phi) is 4.10. The number of carbonyl (C=O) groups excluding carboxylic acids is 1. The van der Waals surface area contributed by atoms with Gasteiger partial charge in [-0.25, -0.2) is 4.79 Å². The summed E-state index contributed by atoms with van der Waals surface area (Å²) in [7, 11) is 0. The number of rotatable bonds is 4. The van der Waals surface area contributed by atoms with Gasteiger partial charge in [-0.1, -0.05) is 12.1 Å². The normalized spacial score (nSPS) is 10.5. The minimum absolute atomic E-state index is 0.139. The molecule has 96 valence electrons. The number of amides is 1. The van der Waals surface area contributed by atoms with Crippen molar-refractivity contribution < 1.29 is 14.7 Å². The lowest BCUT2D eigenvalue weighted by Gasteiger charge is -2.02. The molecule has 0 fully saturated rings. The van der Waals surface area contributed by atoms with Crippen LogP contribution in [0.1, 0.15) is 15.2 Å². The minimum atomic E-state index is -1.02. The van der Waals surface area contributed by atoms with Crippen molar-refractivity contribution in [3.8, 4) is 0 Å². The van der Waals surface area contributed by atoms with Crippen LogP contribution in [0.3, 0.4) is 0 Å². The maximum atomic E-state index is 11.6. The van der Waals surface area contributed by atoms with E-state index in [2.05, 4.69) is 5.32 Å². The fraction of sp³-hybridized carbons (Fsp3) is 0. The van der Waals surface area contributed by atoms with Crippen LogP contribution in [0.4, 0.5) is 5.69 Å². The summed E-state index contributed by atoms with van der Waals surface area (Å²) in [5, 5.41) is 13.4. The van der Waals surface area contributed by atoms with Crippen LogP contribution in [0.25, 0.3) is 6.08 Å². The molecule has 0 aliphatic rings. The van der Waals surface area contributed by atoms with E-state index in [0.29, 0.717) is 5.69 Å². The van der Waals surface area contributed by atoms with E-state index in [4.69, 9.17) is 5.11 Å². The van der Waals surface area contributed by atoms with Crippen LogP contribution in [0, 0.1) is 0 Å². The van der Waals surface area contributed by atoms with E-state index in [1.54, 1.807) is 18.2 Å². The second-order valence-corrected chi connectivity index (χ2v) is 4.70. The van der Waals surface area contributed by atoms with Gasteiger partial charge >= 0.3 is 5.97 Å². The van der Waals surface area contributed by atoms with Crippen LogP contribution in [0.15, 0.2) is 47.9 Å². The fourth-order valence-corrected chi connectivity index (χ4v) is 2.08. The maximum Gasteiger partial charge on any atom is 0.335 e. The van der Waals surface area contributed by atoms with Crippen molar-refractivity contribution in [1.82, 2.24) is 0 Å². The van der Waals surface area contributed by atoms with Crippen LogP contribution in [0.5, 0.6) is 0 Å². The van der Waals surface area contributed by atoms with Gasteiger partial charge in [0, 0.05) is 16.6 Å². The summed E-state index contributed by atoms with van der Waals surface area (Å²) < 4.78 is 0. The van der Waals surface area contributed by atoms with Gasteiger partial charge in [-0.2, -0.15) is 0 Å². The first kappa shape index (κ1) is 13.0. The summed E-state index contributed by atoms with van der Waals surface area (Å²) >= 11 is 1.53. The Morgan fingerprint density at radius 2 is 2.05 bits per heavy atom. The SMILES string of the molecule is O=C(/C=C\c1cccs1)Nc1cccc(C(=O)O)c1. The third kappa shape index (κ3) is 3.79. The maximum absolute atomic E-state index is 11.6. The Morgan fingerprint density at radius 1 is 1.21 bits per heavy atom. The van der Waals surface area contributed by atoms with E-state index >= 15 is 0 Å². The van der Waals surface area contributed by atoms with Crippen LogP contribution >= 0.6 is 11.3 Å². The van der Waals surface area contributed by atoms with Gasteiger partial charge in [-0.15, -0.1) is 11.3 Å². The predicted molar refractivity (Wildman–Crippen MR) is 75.4 cm³/mol. The summed E-state index contributed by atoms with van der Waals surface area (Å²) in [6.07, 6.45) is 3.13. The number of benzene rings is 1. The van der Waals surface area contributed by atoms with Crippen molar-refractivity contribution in [2.45, 2.75) is 0 Å². The van der Waals surface area contributed by atoms with E-state index in [1.807, 2.05) is 17.5 Å². The molecule has 0 radical (unpaired) electrons. The molecule has 2 aromatic rings. The summed E-state index contributed by atoms with van der Waals surface area (Å²) in [4.78, 5) is 23.4. The summed E-state index contributed by atoms with van der Waals surface area (Å²) in [5.41, 5.74) is 0.598. The Morgan fingerprint density at radius 3 is 2.74 bits per heavy atom. The molecule has 0 aliphatic carbocycles. The number of carboxylic acid groups (broad SMARTS) is 1. The molecule has 1 aromatic heterocycles. The Balaban J connectivity index is 2.03. The number of carboxylic acids is 1. The average Bonchev–Trinajstić information content (AvgIpc) is 2.90. The number of hydrogen-bond donors (Lipinski definition) is 2. The zero-order chi connectivity index (χ0) is 13.7. The molecule has 4 nitrogen and oxygen atoms in total. The monoisotopic (exact) mass is 273 g/mol. The van der Waals surface area contributed by atoms with E-state index in [9.17, 15) is 9.59 Å². The quantitative estimate of drug-likeness (QED) is 0.841. The molecular weight excluding hydrogens is 262 g/mol. The second kappa shape index (κ2) is 5.97. The predicted octanol–water partition coefficient (Wildman–Crippen LogP) is 3.10. The highest BCUT2D eigenvalue weighted by atomic mass is 32.1. The highest BCUT2D eigenvalue weighted by molar-refractivity contribution is 7.10. The molecule has 1 heterocycles. The van der Waals surface area contributed by atoms with Gasteiger partial charge in [0.1, 0.15) is 0 Å². The Hall–Kier alpha value is -2.40. The lowest BCUT2D eigenvalue weighted by Crippen LogP contribution is -2.08. The lowest BCUT2D eigenvalue weighted by molar-refractivity contribution is -0.111.